The first-order valence-electron chi connectivity index (χ1n) is 6.96. The molecular formula is C15H22N2O. The van der Waals surface area contributed by atoms with E-state index in [0.717, 1.165) is 32.6 Å². The van der Waals surface area contributed by atoms with Gasteiger partial charge in [-0.05, 0) is 44.0 Å². The number of nitrogens with zero attached hydrogens (tertiary/aromatic N) is 1. The maximum absolute atomic E-state index is 5.83. The third kappa shape index (κ3) is 2.25. The van der Waals surface area contributed by atoms with Crippen molar-refractivity contribution < 1.29 is 4.74 Å². The summed E-state index contributed by atoms with van der Waals surface area (Å²) in [6.45, 7) is 8.46. The fraction of sp³-hybridized carbons (Fsp3) is 0.600. The molecule has 1 aromatic carbocycles. The highest BCUT2D eigenvalue weighted by molar-refractivity contribution is 5.58. The Bertz CT molecular complexity index is 423. The Morgan fingerprint density at radius 2 is 2.00 bits per heavy atom. The van der Waals surface area contributed by atoms with E-state index in [9.17, 15) is 0 Å². The first-order chi connectivity index (χ1) is 8.74. The van der Waals surface area contributed by atoms with Crippen LogP contribution in [0.15, 0.2) is 18.2 Å². The Labute approximate surface area is 109 Å². The van der Waals surface area contributed by atoms with Gasteiger partial charge in [0, 0.05) is 25.3 Å². The Morgan fingerprint density at radius 3 is 2.78 bits per heavy atom. The van der Waals surface area contributed by atoms with Crippen molar-refractivity contribution in [2.24, 2.45) is 0 Å². The molecule has 0 aliphatic carbocycles. The zero-order valence-electron chi connectivity index (χ0n) is 11.3. The number of fused-ring (bicyclic) bond motifs is 1. The third-order valence-electron chi connectivity index (χ3n) is 3.88. The lowest BCUT2D eigenvalue weighted by atomic mass is 9.97. The molecule has 0 spiro atoms. The van der Waals surface area contributed by atoms with Gasteiger partial charge in [-0.25, -0.2) is 0 Å². The quantitative estimate of drug-likeness (QED) is 0.819. The van der Waals surface area contributed by atoms with E-state index in [1.165, 1.54) is 16.8 Å². The zero-order valence-corrected chi connectivity index (χ0v) is 11.3. The van der Waals surface area contributed by atoms with Crippen molar-refractivity contribution in [1.29, 1.82) is 0 Å². The fourth-order valence-electron chi connectivity index (χ4n) is 3.18. The average molecular weight is 246 g/mol. The molecular weight excluding hydrogens is 224 g/mol. The Morgan fingerprint density at radius 1 is 1.22 bits per heavy atom. The van der Waals surface area contributed by atoms with E-state index in [2.05, 4.69) is 42.3 Å². The van der Waals surface area contributed by atoms with Gasteiger partial charge in [0.25, 0.3) is 0 Å². The van der Waals surface area contributed by atoms with Gasteiger partial charge in [-0.1, -0.05) is 12.1 Å². The highest BCUT2D eigenvalue weighted by Gasteiger charge is 2.25. The van der Waals surface area contributed by atoms with E-state index in [-0.39, 0.29) is 0 Å². The third-order valence-corrected chi connectivity index (χ3v) is 3.88. The molecule has 0 bridgehead atoms. The van der Waals surface area contributed by atoms with Crippen LogP contribution in [0.4, 0.5) is 5.69 Å². The molecule has 3 heteroatoms. The summed E-state index contributed by atoms with van der Waals surface area (Å²) in [6.07, 6.45) is 1.80. The van der Waals surface area contributed by atoms with E-state index in [4.69, 9.17) is 4.74 Å². The minimum absolute atomic E-state index is 0.325. The van der Waals surface area contributed by atoms with Crippen molar-refractivity contribution in [3.05, 3.63) is 29.3 Å². The molecule has 18 heavy (non-hydrogen) atoms. The Kier molecular flexibility index (Phi) is 3.27. The largest absolute Gasteiger partial charge is 0.372 e. The highest BCUT2D eigenvalue weighted by Crippen LogP contribution is 2.28. The molecule has 0 unspecified atom stereocenters. The molecule has 2 heterocycles. The molecule has 1 N–H and O–H groups in total. The van der Waals surface area contributed by atoms with Crippen LogP contribution in [-0.4, -0.2) is 31.8 Å². The minimum atomic E-state index is 0.325. The molecule has 3 nitrogen and oxygen atoms in total. The number of benzene rings is 1. The SMILES string of the molecule is C[C@@H]1CN(c2cccc3c2CCNC3)C[C@H](C)O1. The van der Waals surface area contributed by atoms with Gasteiger partial charge in [-0.3, -0.25) is 0 Å². The second-order valence-electron chi connectivity index (χ2n) is 5.50. The predicted molar refractivity (Wildman–Crippen MR) is 74.1 cm³/mol. The molecule has 1 fully saturated rings. The Balaban J connectivity index is 1.91. The van der Waals surface area contributed by atoms with E-state index in [1.807, 2.05) is 0 Å². The lowest BCUT2D eigenvalue weighted by Crippen LogP contribution is -2.46. The first-order valence-corrected chi connectivity index (χ1v) is 6.96. The van der Waals surface area contributed by atoms with Gasteiger partial charge < -0.3 is 15.0 Å². The zero-order chi connectivity index (χ0) is 12.5. The van der Waals surface area contributed by atoms with E-state index < -0.39 is 0 Å². The van der Waals surface area contributed by atoms with Crippen LogP contribution >= 0.6 is 0 Å². The van der Waals surface area contributed by atoms with Crippen molar-refractivity contribution >= 4 is 5.69 Å². The summed E-state index contributed by atoms with van der Waals surface area (Å²) in [7, 11) is 0. The molecule has 2 aliphatic heterocycles. The van der Waals surface area contributed by atoms with Gasteiger partial charge in [-0.2, -0.15) is 0 Å². The maximum Gasteiger partial charge on any atom is 0.0726 e. The average Bonchev–Trinajstić information content (AvgIpc) is 2.37. The van der Waals surface area contributed by atoms with E-state index in [1.54, 1.807) is 0 Å². The topological polar surface area (TPSA) is 24.5 Å². The van der Waals surface area contributed by atoms with Crippen LogP contribution in [-0.2, 0) is 17.7 Å². The predicted octanol–water partition coefficient (Wildman–Crippen LogP) is 1.95. The molecule has 0 radical (unpaired) electrons. The number of nitrogens with one attached hydrogen (secondary N) is 1. The molecule has 0 amide bonds. The van der Waals surface area contributed by atoms with Crippen LogP contribution in [0.1, 0.15) is 25.0 Å². The lowest BCUT2D eigenvalue weighted by molar-refractivity contribution is -0.00527. The number of anilines is 1. The van der Waals surface area contributed by atoms with Crippen molar-refractivity contribution in [2.75, 3.05) is 24.5 Å². The number of hydrogen-bond donors (Lipinski definition) is 1. The number of ether oxygens (including phenoxy) is 1. The standard InChI is InChI=1S/C15H22N2O/c1-11-9-17(10-12(2)18-11)15-5-3-4-13-8-16-7-6-14(13)15/h3-5,11-12,16H,6-10H2,1-2H3/t11-,12+. The second-order valence-corrected chi connectivity index (χ2v) is 5.50. The molecule has 1 aromatic rings. The minimum Gasteiger partial charge on any atom is -0.372 e. The maximum atomic E-state index is 5.83. The van der Waals surface area contributed by atoms with Crippen LogP contribution in [0.2, 0.25) is 0 Å². The van der Waals surface area contributed by atoms with Crippen LogP contribution in [0.5, 0.6) is 0 Å². The van der Waals surface area contributed by atoms with Crippen LogP contribution in [0.3, 0.4) is 0 Å². The molecule has 2 atom stereocenters. The van der Waals surface area contributed by atoms with Crippen LogP contribution in [0.25, 0.3) is 0 Å². The van der Waals surface area contributed by atoms with Crippen LogP contribution in [0, 0.1) is 0 Å². The monoisotopic (exact) mass is 246 g/mol. The van der Waals surface area contributed by atoms with Crippen molar-refractivity contribution in [3.63, 3.8) is 0 Å². The van der Waals surface area contributed by atoms with Gasteiger partial charge in [0.2, 0.25) is 0 Å². The summed E-state index contributed by atoms with van der Waals surface area (Å²) in [5.41, 5.74) is 4.43. The van der Waals surface area contributed by atoms with Crippen LogP contribution < -0.4 is 10.2 Å². The van der Waals surface area contributed by atoms with Gasteiger partial charge >= 0.3 is 0 Å². The summed E-state index contributed by atoms with van der Waals surface area (Å²) in [5, 5.41) is 3.45. The van der Waals surface area contributed by atoms with Gasteiger partial charge in [-0.15, -0.1) is 0 Å². The van der Waals surface area contributed by atoms with Gasteiger partial charge in [0.05, 0.1) is 12.2 Å². The smallest absolute Gasteiger partial charge is 0.0726 e. The molecule has 98 valence electrons. The molecule has 1 saturated heterocycles. The van der Waals surface area contributed by atoms with E-state index in [0.29, 0.717) is 12.2 Å². The molecule has 3 rings (SSSR count). The first kappa shape index (κ1) is 12.0. The lowest BCUT2D eigenvalue weighted by Gasteiger charge is -2.38. The van der Waals surface area contributed by atoms with Gasteiger partial charge in [0.1, 0.15) is 0 Å². The van der Waals surface area contributed by atoms with Crippen molar-refractivity contribution in [2.45, 2.75) is 39.0 Å². The summed E-state index contributed by atoms with van der Waals surface area (Å²) >= 11 is 0. The highest BCUT2D eigenvalue weighted by atomic mass is 16.5. The summed E-state index contributed by atoms with van der Waals surface area (Å²) in [5.74, 6) is 0. The number of morpholine rings is 1. The summed E-state index contributed by atoms with van der Waals surface area (Å²) in [6, 6.07) is 6.71. The Hall–Kier alpha value is -1.06. The molecule has 2 aliphatic rings. The van der Waals surface area contributed by atoms with Crippen molar-refractivity contribution in [1.82, 2.24) is 5.32 Å². The summed E-state index contributed by atoms with van der Waals surface area (Å²) < 4.78 is 5.83. The van der Waals surface area contributed by atoms with E-state index >= 15 is 0 Å². The molecule has 0 aromatic heterocycles. The van der Waals surface area contributed by atoms with Gasteiger partial charge in [0.15, 0.2) is 0 Å². The second kappa shape index (κ2) is 4.90. The number of hydrogen-bond acceptors (Lipinski definition) is 3. The normalized spacial score (nSPS) is 28.0. The fourth-order valence-corrected chi connectivity index (χ4v) is 3.18. The number of rotatable bonds is 1. The van der Waals surface area contributed by atoms with Crippen molar-refractivity contribution in [3.8, 4) is 0 Å². The molecule has 0 saturated carbocycles. The summed E-state index contributed by atoms with van der Waals surface area (Å²) in [4.78, 5) is 2.50.